The van der Waals surface area contributed by atoms with Crippen molar-refractivity contribution >= 4 is 65.2 Å². The minimum absolute atomic E-state index is 0.854. The van der Waals surface area contributed by atoms with Gasteiger partial charge in [-0.15, -0.1) is 0 Å². The molecule has 2 aromatic heterocycles. The van der Waals surface area contributed by atoms with Gasteiger partial charge in [-0.3, -0.25) is 4.57 Å². The third kappa shape index (κ3) is 2.68. The maximum atomic E-state index is 5.33. The first kappa shape index (κ1) is 21.3. The molecule has 3 nitrogen and oxygen atoms in total. The molecule has 0 amide bonds. The van der Waals surface area contributed by atoms with Gasteiger partial charge in [0.25, 0.3) is 0 Å². The highest BCUT2D eigenvalue weighted by atomic mass is 15.1. The molecule has 0 saturated heterocycles. The molecule has 0 saturated carbocycles. The van der Waals surface area contributed by atoms with Gasteiger partial charge in [0.15, 0.2) is 5.82 Å². The second kappa shape index (κ2) is 7.56. The van der Waals surface area contributed by atoms with Crippen LogP contribution in [0.5, 0.6) is 0 Å². The quantitative estimate of drug-likeness (QED) is 0.213. The lowest BCUT2D eigenvalue weighted by Crippen LogP contribution is -2.03. The molecule has 0 aliphatic heterocycles. The monoisotopic (exact) mass is 519 g/mol. The second-order valence-corrected chi connectivity index (χ2v) is 11.0. The van der Waals surface area contributed by atoms with Gasteiger partial charge in [-0.25, -0.2) is 9.97 Å². The summed E-state index contributed by atoms with van der Waals surface area (Å²) in [5.74, 6) is 0.854. The van der Waals surface area contributed by atoms with E-state index in [2.05, 4.69) is 108 Å². The molecule has 0 spiro atoms. The molecule has 0 radical (unpaired) electrons. The van der Waals surface area contributed by atoms with Crippen molar-refractivity contribution in [1.29, 1.82) is 0 Å². The lowest BCUT2D eigenvalue weighted by Gasteiger charge is -2.15. The molecule has 0 bridgehead atoms. The SMILES string of the molecule is c1ccc(-c2nc3ccccc3nc2-n2c3ccc4cccc5c4c3c3c4c(ccc6cccc-5c64)ccc32)cc1. The molecule has 1 aliphatic rings. The van der Waals surface area contributed by atoms with E-state index in [9.17, 15) is 0 Å². The highest BCUT2D eigenvalue weighted by molar-refractivity contribution is 6.38. The predicted octanol–water partition coefficient (Wildman–Crippen LogP) is 9.83. The van der Waals surface area contributed by atoms with Crippen molar-refractivity contribution < 1.29 is 0 Å². The Bertz CT molecular complexity index is 2580. The summed E-state index contributed by atoms with van der Waals surface area (Å²) < 4.78 is 2.36. The smallest absolute Gasteiger partial charge is 0.165 e. The van der Waals surface area contributed by atoms with Crippen LogP contribution >= 0.6 is 0 Å². The van der Waals surface area contributed by atoms with Crippen LogP contribution in [-0.4, -0.2) is 14.5 Å². The molecule has 10 rings (SSSR count). The molecule has 41 heavy (non-hydrogen) atoms. The molecular weight excluding hydrogens is 498 g/mol. The number of rotatable bonds is 2. The van der Waals surface area contributed by atoms with Gasteiger partial charge in [-0.05, 0) is 62.3 Å². The first-order valence-corrected chi connectivity index (χ1v) is 14.0. The number of para-hydroxylation sites is 2. The van der Waals surface area contributed by atoms with E-state index in [1.165, 1.54) is 54.2 Å². The Balaban J connectivity index is 1.50. The fourth-order valence-electron chi connectivity index (χ4n) is 7.17. The standard InChI is InChI=1S/C38H21N3/c1-2-8-25(9-3-1)37-38(40-29-15-5-4-14-28(29)39-37)41-30-20-18-23-11-7-13-27-26-12-6-10-22-16-17-24-19-21-31(41)36(34(24)32(22)26)35(30)33(23)27/h1-21H. The number of benzene rings is 7. The minimum atomic E-state index is 0.854. The molecule has 0 fully saturated rings. The normalized spacial score (nSPS) is 12.4. The maximum Gasteiger partial charge on any atom is 0.165 e. The second-order valence-electron chi connectivity index (χ2n) is 11.0. The molecule has 0 N–H and O–H groups in total. The molecule has 1 aliphatic carbocycles. The van der Waals surface area contributed by atoms with Gasteiger partial charge in [0.05, 0.1) is 22.1 Å². The van der Waals surface area contributed by atoms with E-state index in [1.54, 1.807) is 0 Å². The Morgan fingerprint density at radius 2 is 0.927 bits per heavy atom. The summed E-state index contributed by atoms with van der Waals surface area (Å²) in [5, 5.41) is 10.3. The van der Waals surface area contributed by atoms with Crippen LogP contribution in [0.15, 0.2) is 127 Å². The Hall–Kier alpha value is -5.54. The van der Waals surface area contributed by atoms with Crippen molar-refractivity contribution in [2.75, 3.05) is 0 Å². The van der Waals surface area contributed by atoms with Crippen LogP contribution in [0.3, 0.4) is 0 Å². The minimum Gasteiger partial charge on any atom is -0.292 e. The van der Waals surface area contributed by atoms with Crippen LogP contribution in [0.4, 0.5) is 0 Å². The van der Waals surface area contributed by atoms with Crippen LogP contribution in [-0.2, 0) is 0 Å². The van der Waals surface area contributed by atoms with Crippen molar-refractivity contribution in [2.45, 2.75) is 0 Å². The van der Waals surface area contributed by atoms with Crippen molar-refractivity contribution in [3.63, 3.8) is 0 Å². The molecule has 0 atom stereocenters. The zero-order chi connectivity index (χ0) is 26.7. The Labute approximate surface area is 234 Å². The van der Waals surface area contributed by atoms with E-state index < -0.39 is 0 Å². The zero-order valence-corrected chi connectivity index (χ0v) is 22.0. The highest BCUT2D eigenvalue weighted by Gasteiger charge is 2.26. The summed E-state index contributed by atoms with van der Waals surface area (Å²) in [7, 11) is 0. The van der Waals surface area contributed by atoms with Crippen LogP contribution in [0.2, 0.25) is 0 Å². The molecule has 2 heterocycles. The topological polar surface area (TPSA) is 30.7 Å². The number of hydrogen-bond acceptors (Lipinski definition) is 2. The fourth-order valence-corrected chi connectivity index (χ4v) is 7.17. The lowest BCUT2D eigenvalue weighted by molar-refractivity contribution is 1.08. The number of fused-ring (bicyclic) bond motifs is 2. The average molecular weight is 520 g/mol. The molecule has 7 aromatic carbocycles. The van der Waals surface area contributed by atoms with Gasteiger partial charge in [-0.2, -0.15) is 0 Å². The van der Waals surface area contributed by atoms with Gasteiger partial charge in [0.1, 0.15) is 5.69 Å². The van der Waals surface area contributed by atoms with Crippen LogP contribution in [0.25, 0.3) is 93.4 Å². The van der Waals surface area contributed by atoms with E-state index >= 15 is 0 Å². The van der Waals surface area contributed by atoms with Crippen molar-refractivity contribution in [1.82, 2.24) is 14.5 Å². The third-order valence-electron chi connectivity index (χ3n) is 8.86. The molecule has 188 valence electrons. The van der Waals surface area contributed by atoms with E-state index in [0.29, 0.717) is 0 Å². The number of aromatic nitrogens is 3. The summed E-state index contributed by atoms with van der Waals surface area (Å²) in [5.41, 5.74) is 8.61. The van der Waals surface area contributed by atoms with Gasteiger partial charge in [-0.1, -0.05) is 103 Å². The van der Waals surface area contributed by atoms with Gasteiger partial charge >= 0.3 is 0 Å². The maximum absolute atomic E-state index is 5.33. The third-order valence-corrected chi connectivity index (χ3v) is 8.86. The summed E-state index contributed by atoms with van der Waals surface area (Å²) in [6, 6.07) is 45.7. The highest BCUT2D eigenvalue weighted by Crippen LogP contribution is 2.50. The summed E-state index contributed by atoms with van der Waals surface area (Å²) in [4.78, 5) is 10.5. The van der Waals surface area contributed by atoms with Gasteiger partial charge in [0, 0.05) is 21.7 Å². The van der Waals surface area contributed by atoms with Crippen molar-refractivity contribution in [3.8, 4) is 28.2 Å². The zero-order valence-electron chi connectivity index (χ0n) is 22.0. The number of hydrogen-bond donors (Lipinski definition) is 0. The average Bonchev–Trinajstić information content (AvgIpc) is 3.31. The van der Waals surface area contributed by atoms with Crippen molar-refractivity contribution in [3.05, 3.63) is 127 Å². The Morgan fingerprint density at radius 3 is 1.61 bits per heavy atom. The van der Waals surface area contributed by atoms with E-state index in [1.807, 2.05) is 24.3 Å². The van der Waals surface area contributed by atoms with Crippen LogP contribution < -0.4 is 0 Å². The molecule has 3 heteroatoms. The summed E-state index contributed by atoms with van der Waals surface area (Å²) >= 11 is 0. The predicted molar refractivity (Wildman–Crippen MR) is 171 cm³/mol. The van der Waals surface area contributed by atoms with Gasteiger partial charge in [0.2, 0.25) is 0 Å². The van der Waals surface area contributed by atoms with Crippen LogP contribution in [0, 0.1) is 0 Å². The van der Waals surface area contributed by atoms with Crippen molar-refractivity contribution in [2.24, 2.45) is 0 Å². The molecule has 0 unspecified atom stereocenters. The van der Waals surface area contributed by atoms with E-state index in [-0.39, 0.29) is 0 Å². The first-order chi connectivity index (χ1) is 20.3. The first-order valence-electron chi connectivity index (χ1n) is 14.0. The summed E-state index contributed by atoms with van der Waals surface area (Å²) in [6.45, 7) is 0. The summed E-state index contributed by atoms with van der Waals surface area (Å²) in [6.07, 6.45) is 0. The van der Waals surface area contributed by atoms with E-state index in [4.69, 9.17) is 9.97 Å². The Morgan fingerprint density at radius 1 is 0.390 bits per heavy atom. The number of nitrogens with zero attached hydrogens (tertiary/aromatic N) is 3. The Kier molecular flexibility index (Phi) is 3.93. The van der Waals surface area contributed by atoms with Gasteiger partial charge < -0.3 is 0 Å². The van der Waals surface area contributed by atoms with Crippen LogP contribution in [0.1, 0.15) is 0 Å². The largest absolute Gasteiger partial charge is 0.292 e. The lowest BCUT2D eigenvalue weighted by atomic mass is 9.93. The van der Waals surface area contributed by atoms with E-state index in [0.717, 1.165) is 39.1 Å². The fraction of sp³-hybridized carbons (Fsp3) is 0. The molecule has 9 aromatic rings. The molecular formula is C38H21N3.